The van der Waals surface area contributed by atoms with E-state index in [0.29, 0.717) is 0 Å². The first-order chi connectivity index (χ1) is 8.98. The van der Waals surface area contributed by atoms with E-state index < -0.39 is 0 Å². The summed E-state index contributed by atoms with van der Waals surface area (Å²) in [5, 5.41) is 15.4. The summed E-state index contributed by atoms with van der Waals surface area (Å²) in [5.74, 6) is -0.0544. The Morgan fingerprint density at radius 1 is 1.32 bits per heavy atom. The van der Waals surface area contributed by atoms with Gasteiger partial charge in [-0.05, 0) is 25.8 Å². The summed E-state index contributed by atoms with van der Waals surface area (Å²) in [6.45, 7) is 6.18. The normalized spacial score (nSPS) is 13.1. The molecule has 1 aromatic rings. The monoisotopic (exact) mass is 264 g/mol. The fraction of sp³-hybridized carbons (Fsp3) is 0.533. The van der Waals surface area contributed by atoms with E-state index in [1.54, 1.807) is 0 Å². The Hall–Kier alpha value is -1.39. The molecule has 19 heavy (non-hydrogen) atoms. The number of carbonyl (C=O) groups excluding carboxylic acids is 1. The van der Waals surface area contributed by atoms with Crippen LogP contribution in [0.2, 0.25) is 0 Å². The summed E-state index contributed by atoms with van der Waals surface area (Å²) in [4.78, 5) is 11.8. The smallest absolute Gasteiger partial charge is 0.234 e. The molecule has 0 saturated heterocycles. The summed E-state index contributed by atoms with van der Waals surface area (Å²) < 4.78 is 0. The van der Waals surface area contributed by atoms with Crippen LogP contribution in [0.3, 0.4) is 0 Å². The van der Waals surface area contributed by atoms with Crippen molar-refractivity contribution in [1.82, 2.24) is 10.6 Å². The van der Waals surface area contributed by atoms with E-state index in [0.717, 1.165) is 12.0 Å². The van der Waals surface area contributed by atoms with Crippen LogP contribution in [0.5, 0.6) is 0 Å². The molecule has 3 N–H and O–H groups in total. The predicted octanol–water partition coefficient (Wildman–Crippen LogP) is 1.61. The average molecular weight is 264 g/mol. The van der Waals surface area contributed by atoms with Gasteiger partial charge in [0.25, 0.3) is 0 Å². The van der Waals surface area contributed by atoms with Gasteiger partial charge in [0.15, 0.2) is 0 Å². The van der Waals surface area contributed by atoms with Gasteiger partial charge in [0.1, 0.15) is 0 Å². The first-order valence-electron chi connectivity index (χ1n) is 6.68. The van der Waals surface area contributed by atoms with Crippen LogP contribution < -0.4 is 10.6 Å². The molecule has 0 aromatic heterocycles. The van der Waals surface area contributed by atoms with Gasteiger partial charge < -0.3 is 10.4 Å². The molecule has 1 rings (SSSR count). The highest BCUT2D eigenvalue weighted by Gasteiger charge is 2.18. The van der Waals surface area contributed by atoms with Gasteiger partial charge in [-0.2, -0.15) is 0 Å². The molecular weight excluding hydrogens is 240 g/mol. The van der Waals surface area contributed by atoms with Crippen LogP contribution in [0, 0.1) is 0 Å². The third kappa shape index (κ3) is 5.41. The van der Waals surface area contributed by atoms with E-state index in [1.165, 1.54) is 0 Å². The van der Waals surface area contributed by atoms with Crippen molar-refractivity contribution in [1.29, 1.82) is 0 Å². The maximum absolute atomic E-state index is 11.8. The van der Waals surface area contributed by atoms with Crippen LogP contribution in [0.4, 0.5) is 0 Å². The number of aliphatic hydroxyl groups is 1. The first-order valence-corrected chi connectivity index (χ1v) is 6.68. The van der Waals surface area contributed by atoms with Crippen LogP contribution in [-0.4, -0.2) is 29.7 Å². The lowest BCUT2D eigenvalue weighted by Crippen LogP contribution is -2.47. The third-order valence-corrected chi connectivity index (χ3v) is 3.26. The van der Waals surface area contributed by atoms with E-state index in [2.05, 4.69) is 10.6 Å². The maximum atomic E-state index is 11.8. The second-order valence-corrected chi connectivity index (χ2v) is 5.31. The Kier molecular flexibility index (Phi) is 5.99. The number of amides is 1. The van der Waals surface area contributed by atoms with Gasteiger partial charge in [-0.3, -0.25) is 10.1 Å². The molecule has 1 amide bonds. The topological polar surface area (TPSA) is 61.4 Å². The van der Waals surface area contributed by atoms with E-state index >= 15 is 0 Å². The molecule has 0 aliphatic heterocycles. The quantitative estimate of drug-likeness (QED) is 0.701. The molecule has 0 saturated carbocycles. The molecular formula is C15H24N2O2. The summed E-state index contributed by atoms with van der Waals surface area (Å²) in [6.07, 6.45) is 0.876. The van der Waals surface area contributed by atoms with Gasteiger partial charge in [-0.1, -0.05) is 37.3 Å². The molecule has 0 heterocycles. The molecule has 4 heteroatoms. The van der Waals surface area contributed by atoms with Crippen LogP contribution in [0.15, 0.2) is 30.3 Å². The fourth-order valence-corrected chi connectivity index (χ4v) is 1.70. The number of hydrogen-bond acceptors (Lipinski definition) is 3. The zero-order chi connectivity index (χ0) is 14.3. The Labute approximate surface area is 115 Å². The Bertz CT molecular complexity index is 390. The van der Waals surface area contributed by atoms with E-state index in [4.69, 9.17) is 0 Å². The summed E-state index contributed by atoms with van der Waals surface area (Å²) in [7, 11) is 0. The highest BCUT2D eigenvalue weighted by Crippen LogP contribution is 2.11. The summed E-state index contributed by atoms with van der Waals surface area (Å²) >= 11 is 0. The molecule has 0 bridgehead atoms. The van der Waals surface area contributed by atoms with Gasteiger partial charge in [0.2, 0.25) is 5.91 Å². The Morgan fingerprint density at radius 3 is 2.47 bits per heavy atom. The second-order valence-electron chi connectivity index (χ2n) is 5.31. The molecule has 0 fully saturated rings. The Balaban J connectivity index is 2.48. The highest BCUT2D eigenvalue weighted by atomic mass is 16.3. The minimum Gasteiger partial charge on any atom is -0.394 e. The number of aliphatic hydroxyl groups excluding tert-OH is 1. The zero-order valence-electron chi connectivity index (χ0n) is 11.9. The maximum Gasteiger partial charge on any atom is 0.234 e. The average Bonchev–Trinajstić information content (AvgIpc) is 2.40. The molecule has 1 atom stereocenters. The number of carbonyl (C=O) groups is 1. The van der Waals surface area contributed by atoms with Gasteiger partial charge in [0, 0.05) is 5.54 Å². The SMILES string of the molecule is CCC(C)(C)NC(=O)CNC(CO)c1ccccc1. The van der Waals surface area contributed by atoms with Crippen molar-refractivity contribution >= 4 is 5.91 Å². The summed E-state index contributed by atoms with van der Waals surface area (Å²) in [6, 6.07) is 9.41. The minimum atomic E-state index is -0.211. The zero-order valence-corrected chi connectivity index (χ0v) is 11.9. The van der Waals surface area contributed by atoms with Crippen molar-refractivity contribution in [3.63, 3.8) is 0 Å². The third-order valence-electron chi connectivity index (χ3n) is 3.26. The van der Waals surface area contributed by atoms with Crippen molar-refractivity contribution in [2.45, 2.75) is 38.8 Å². The first kappa shape index (κ1) is 15.7. The molecule has 0 aliphatic rings. The standard InChI is InChI=1S/C15H24N2O2/c1-4-15(2,3)17-14(19)10-16-13(11-18)12-8-6-5-7-9-12/h5-9,13,16,18H,4,10-11H2,1-3H3,(H,17,19). The fourth-order valence-electron chi connectivity index (χ4n) is 1.70. The molecule has 1 aromatic carbocycles. The van der Waals surface area contributed by atoms with E-state index in [9.17, 15) is 9.90 Å². The van der Waals surface area contributed by atoms with Gasteiger partial charge >= 0.3 is 0 Å². The number of rotatable bonds is 7. The van der Waals surface area contributed by atoms with Crippen LogP contribution in [0.25, 0.3) is 0 Å². The predicted molar refractivity (Wildman–Crippen MR) is 76.8 cm³/mol. The molecule has 106 valence electrons. The van der Waals surface area contributed by atoms with Crippen LogP contribution >= 0.6 is 0 Å². The molecule has 0 radical (unpaired) electrons. The number of nitrogens with one attached hydrogen (secondary N) is 2. The van der Waals surface area contributed by atoms with Crippen molar-refractivity contribution in [2.75, 3.05) is 13.2 Å². The summed E-state index contributed by atoms with van der Waals surface area (Å²) in [5.41, 5.74) is 0.785. The van der Waals surface area contributed by atoms with E-state index in [1.807, 2.05) is 51.1 Å². The Morgan fingerprint density at radius 2 is 1.95 bits per heavy atom. The van der Waals surface area contributed by atoms with Gasteiger partial charge in [0.05, 0.1) is 19.2 Å². The minimum absolute atomic E-state index is 0.0333. The highest BCUT2D eigenvalue weighted by molar-refractivity contribution is 5.78. The van der Waals surface area contributed by atoms with Crippen molar-refractivity contribution in [3.05, 3.63) is 35.9 Å². The molecule has 4 nitrogen and oxygen atoms in total. The van der Waals surface area contributed by atoms with E-state index in [-0.39, 0.29) is 30.6 Å². The molecule has 0 aliphatic carbocycles. The van der Waals surface area contributed by atoms with Gasteiger partial charge in [-0.15, -0.1) is 0 Å². The lowest BCUT2D eigenvalue weighted by Gasteiger charge is -2.25. The van der Waals surface area contributed by atoms with Crippen molar-refractivity contribution in [2.24, 2.45) is 0 Å². The van der Waals surface area contributed by atoms with Gasteiger partial charge in [-0.25, -0.2) is 0 Å². The lowest BCUT2D eigenvalue weighted by molar-refractivity contribution is -0.122. The molecule has 1 unspecified atom stereocenters. The molecule has 0 spiro atoms. The number of benzene rings is 1. The lowest BCUT2D eigenvalue weighted by atomic mass is 10.0. The van der Waals surface area contributed by atoms with Crippen LogP contribution in [0.1, 0.15) is 38.8 Å². The van der Waals surface area contributed by atoms with Crippen molar-refractivity contribution < 1.29 is 9.90 Å². The van der Waals surface area contributed by atoms with Crippen LogP contribution in [-0.2, 0) is 4.79 Å². The second kappa shape index (κ2) is 7.26. The number of hydrogen-bond donors (Lipinski definition) is 3. The largest absolute Gasteiger partial charge is 0.394 e. The van der Waals surface area contributed by atoms with Crippen molar-refractivity contribution in [3.8, 4) is 0 Å².